The van der Waals surface area contributed by atoms with Gasteiger partial charge in [-0.25, -0.2) is 0 Å². The van der Waals surface area contributed by atoms with Crippen LogP contribution in [0.25, 0.3) is 0 Å². The molecule has 0 aromatic heterocycles. The van der Waals surface area contributed by atoms with Crippen molar-refractivity contribution >= 4 is 17.7 Å². The first-order valence-electron chi connectivity index (χ1n) is 8.37. The van der Waals surface area contributed by atoms with Crippen LogP contribution >= 0.6 is 11.8 Å². The highest BCUT2D eigenvalue weighted by Crippen LogP contribution is 2.24. The maximum Gasteiger partial charge on any atom is 0.307 e. The molecule has 1 N–H and O–H groups in total. The first-order valence-corrected chi connectivity index (χ1v) is 9.42. The number of likely N-dealkylation sites (tertiary alicyclic amines) is 2. The Hall–Kier alpha value is -0.260. The lowest BCUT2D eigenvalue weighted by atomic mass is 9.94. The van der Waals surface area contributed by atoms with E-state index in [1.165, 1.54) is 38.2 Å². The van der Waals surface area contributed by atoms with Crippen LogP contribution in [0.5, 0.6) is 0 Å². The average molecular weight is 314 g/mol. The summed E-state index contributed by atoms with van der Waals surface area (Å²) in [5.74, 6) is 0.481. The molecule has 0 spiro atoms. The number of hydrogen-bond acceptors (Lipinski definition) is 4. The molecular weight excluding hydrogens is 284 g/mol. The fourth-order valence-electron chi connectivity index (χ4n) is 3.47. The monoisotopic (exact) mass is 314 g/mol. The summed E-state index contributed by atoms with van der Waals surface area (Å²) in [6.45, 7) is 9.93. The summed E-state index contributed by atoms with van der Waals surface area (Å²) in [4.78, 5) is 16.2. The lowest BCUT2D eigenvalue weighted by Gasteiger charge is -2.41. The van der Waals surface area contributed by atoms with E-state index >= 15 is 0 Å². The maximum absolute atomic E-state index is 11.2. The predicted octanol–water partition coefficient (Wildman–Crippen LogP) is 2.39. The molecule has 1 atom stereocenters. The lowest BCUT2D eigenvalue weighted by molar-refractivity contribution is -0.144. The smallest absolute Gasteiger partial charge is 0.307 e. The quantitative estimate of drug-likeness (QED) is 0.815. The summed E-state index contributed by atoms with van der Waals surface area (Å²) >= 11 is 2.04. The number of carboxylic acids is 1. The third-order valence-corrected chi connectivity index (χ3v) is 5.82. The standard InChI is InChI=1S/C16H30N2O2S/c1-13(2)21-11-10-17-8-5-15(6-9-17)18-7-3-4-14(12-18)16(19)20/h13-15H,3-12H2,1-2H3,(H,19,20)/t14-/m0/s1. The molecule has 0 aliphatic carbocycles. The minimum atomic E-state index is -0.608. The van der Waals surface area contributed by atoms with Crippen LogP contribution in [-0.2, 0) is 4.79 Å². The van der Waals surface area contributed by atoms with Crippen molar-refractivity contribution in [3.05, 3.63) is 0 Å². The van der Waals surface area contributed by atoms with E-state index in [1.807, 2.05) is 11.8 Å². The largest absolute Gasteiger partial charge is 0.481 e. The molecule has 2 fully saturated rings. The van der Waals surface area contributed by atoms with E-state index in [-0.39, 0.29) is 5.92 Å². The van der Waals surface area contributed by atoms with Gasteiger partial charge in [0.1, 0.15) is 0 Å². The van der Waals surface area contributed by atoms with E-state index in [9.17, 15) is 9.90 Å². The summed E-state index contributed by atoms with van der Waals surface area (Å²) in [5.41, 5.74) is 0. The zero-order valence-electron chi connectivity index (χ0n) is 13.5. The van der Waals surface area contributed by atoms with Gasteiger partial charge in [-0.15, -0.1) is 0 Å². The van der Waals surface area contributed by atoms with Crippen LogP contribution in [0.15, 0.2) is 0 Å². The molecule has 2 saturated heterocycles. The molecule has 2 aliphatic heterocycles. The molecule has 2 heterocycles. The second kappa shape index (κ2) is 8.39. The van der Waals surface area contributed by atoms with E-state index in [4.69, 9.17) is 0 Å². The van der Waals surface area contributed by atoms with Crippen molar-refractivity contribution in [3.8, 4) is 0 Å². The molecule has 0 radical (unpaired) electrons. The molecule has 0 unspecified atom stereocenters. The van der Waals surface area contributed by atoms with Crippen molar-refractivity contribution in [1.82, 2.24) is 9.80 Å². The van der Waals surface area contributed by atoms with Gasteiger partial charge in [0.25, 0.3) is 0 Å². The maximum atomic E-state index is 11.2. The molecule has 0 aromatic carbocycles. The Morgan fingerprint density at radius 3 is 2.57 bits per heavy atom. The van der Waals surface area contributed by atoms with Gasteiger partial charge in [-0.2, -0.15) is 11.8 Å². The Kier molecular flexibility index (Phi) is 6.83. The molecule has 2 rings (SSSR count). The van der Waals surface area contributed by atoms with Crippen molar-refractivity contribution < 1.29 is 9.90 Å². The Balaban J connectivity index is 1.69. The van der Waals surface area contributed by atoms with Crippen molar-refractivity contribution in [2.24, 2.45) is 5.92 Å². The summed E-state index contributed by atoms with van der Waals surface area (Å²) in [6.07, 6.45) is 4.32. The molecule has 2 aliphatic rings. The van der Waals surface area contributed by atoms with Crippen molar-refractivity contribution in [2.45, 2.75) is 50.8 Å². The van der Waals surface area contributed by atoms with Gasteiger partial charge in [0.15, 0.2) is 0 Å². The first kappa shape index (κ1) is 17.1. The molecule has 0 amide bonds. The van der Waals surface area contributed by atoms with E-state index in [0.29, 0.717) is 6.04 Å². The zero-order valence-corrected chi connectivity index (χ0v) is 14.3. The molecule has 0 bridgehead atoms. The molecule has 122 valence electrons. The fourth-order valence-corrected chi connectivity index (χ4v) is 4.30. The number of piperidine rings is 2. The summed E-state index contributed by atoms with van der Waals surface area (Å²) < 4.78 is 0. The number of carboxylic acid groups (broad SMARTS) is 1. The van der Waals surface area contributed by atoms with Crippen LogP contribution in [0.4, 0.5) is 0 Å². The predicted molar refractivity (Wildman–Crippen MR) is 89.0 cm³/mol. The Labute approximate surface area is 133 Å². The minimum Gasteiger partial charge on any atom is -0.481 e. The van der Waals surface area contributed by atoms with E-state index in [1.54, 1.807) is 0 Å². The molecule has 21 heavy (non-hydrogen) atoms. The van der Waals surface area contributed by atoms with Gasteiger partial charge in [0.2, 0.25) is 0 Å². The highest BCUT2D eigenvalue weighted by molar-refractivity contribution is 7.99. The topological polar surface area (TPSA) is 43.8 Å². The summed E-state index contributed by atoms with van der Waals surface area (Å²) in [6, 6.07) is 0.612. The van der Waals surface area contributed by atoms with Crippen LogP contribution in [0.2, 0.25) is 0 Å². The number of rotatable bonds is 6. The number of thioether (sulfide) groups is 1. The van der Waals surface area contributed by atoms with Gasteiger partial charge in [-0.05, 0) is 50.6 Å². The second-order valence-corrected chi connectivity index (χ2v) is 8.35. The molecule has 5 heteroatoms. The fraction of sp³-hybridized carbons (Fsp3) is 0.938. The third kappa shape index (κ3) is 5.46. The molecule has 0 aromatic rings. The van der Waals surface area contributed by atoms with E-state index < -0.39 is 5.97 Å². The number of hydrogen-bond donors (Lipinski definition) is 1. The molecular formula is C16H30N2O2S. The summed E-state index contributed by atoms with van der Waals surface area (Å²) in [5, 5.41) is 9.93. The van der Waals surface area contributed by atoms with Crippen LogP contribution in [0.1, 0.15) is 39.5 Å². The highest BCUT2D eigenvalue weighted by Gasteiger charge is 2.31. The lowest BCUT2D eigenvalue weighted by Crippen LogP contribution is -2.49. The Morgan fingerprint density at radius 2 is 1.95 bits per heavy atom. The van der Waals surface area contributed by atoms with E-state index in [2.05, 4.69) is 23.6 Å². The third-order valence-electron chi connectivity index (χ3n) is 4.73. The van der Waals surface area contributed by atoms with Gasteiger partial charge >= 0.3 is 5.97 Å². The number of carbonyl (C=O) groups is 1. The number of aliphatic carboxylic acids is 1. The average Bonchev–Trinajstić information content (AvgIpc) is 2.48. The highest BCUT2D eigenvalue weighted by atomic mass is 32.2. The SMILES string of the molecule is CC(C)SCCN1CCC(N2CCC[C@H](C(=O)O)C2)CC1. The van der Waals surface area contributed by atoms with Gasteiger partial charge in [-0.1, -0.05) is 13.8 Å². The zero-order chi connectivity index (χ0) is 15.2. The second-order valence-electron chi connectivity index (χ2n) is 6.66. The van der Waals surface area contributed by atoms with Crippen LogP contribution in [-0.4, -0.2) is 70.6 Å². The Bertz CT molecular complexity index is 330. The van der Waals surface area contributed by atoms with Crippen molar-refractivity contribution in [1.29, 1.82) is 0 Å². The normalized spacial score (nSPS) is 26.3. The van der Waals surface area contributed by atoms with Crippen LogP contribution in [0, 0.1) is 5.92 Å². The van der Waals surface area contributed by atoms with Gasteiger partial charge in [-0.3, -0.25) is 9.69 Å². The molecule has 4 nitrogen and oxygen atoms in total. The van der Waals surface area contributed by atoms with Gasteiger partial charge in [0, 0.05) is 24.9 Å². The minimum absolute atomic E-state index is 0.140. The van der Waals surface area contributed by atoms with Gasteiger partial charge in [0.05, 0.1) is 5.92 Å². The van der Waals surface area contributed by atoms with Crippen LogP contribution < -0.4 is 0 Å². The van der Waals surface area contributed by atoms with Crippen molar-refractivity contribution in [2.75, 3.05) is 38.5 Å². The Morgan fingerprint density at radius 1 is 1.24 bits per heavy atom. The first-order chi connectivity index (χ1) is 10.1. The molecule has 0 saturated carbocycles. The summed E-state index contributed by atoms with van der Waals surface area (Å²) in [7, 11) is 0. The van der Waals surface area contributed by atoms with Gasteiger partial charge < -0.3 is 10.0 Å². The van der Waals surface area contributed by atoms with E-state index in [0.717, 1.165) is 31.2 Å². The van der Waals surface area contributed by atoms with Crippen molar-refractivity contribution in [3.63, 3.8) is 0 Å². The number of nitrogens with zero attached hydrogens (tertiary/aromatic N) is 2. The van der Waals surface area contributed by atoms with Crippen LogP contribution in [0.3, 0.4) is 0 Å².